The number of hydrogen-bond acceptors (Lipinski definition) is 6. The molecule has 7 N–H and O–H groups in total. The summed E-state index contributed by atoms with van der Waals surface area (Å²) < 4.78 is 0. The second-order valence-corrected chi connectivity index (χ2v) is 3.62. The molecule has 0 aliphatic carbocycles. The number of aliphatic hydroxyl groups excluding tert-OH is 1. The molecule has 0 heterocycles. The molecule has 0 aromatic carbocycles. The van der Waals surface area contributed by atoms with Crippen LogP contribution in [0.4, 0.5) is 0 Å². The molecule has 0 bridgehead atoms. The van der Waals surface area contributed by atoms with Crippen LogP contribution in [0.15, 0.2) is 0 Å². The normalized spacial score (nSPS) is 9.50. The molecule has 0 atom stereocenters. The molecule has 0 aliphatic heterocycles. The largest absolute Gasteiger partial charge is 0.387 e. The first-order chi connectivity index (χ1) is 9.49. The number of nitrogens with one attached hydrogen (secondary N) is 4. The number of hydrogen-bond donors (Lipinski definition) is 6. The average Bonchev–Trinajstić information content (AvgIpc) is 2.46. The van der Waals surface area contributed by atoms with E-state index in [1.54, 1.807) is 0 Å². The Morgan fingerprint density at radius 3 is 1.70 bits per heavy atom. The van der Waals surface area contributed by atoms with Crippen LogP contribution in [0.3, 0.4) is 0 Å². The molecule has 114 valence electrons. The van der Waals surface area contributed by atoms with Gasteiger partial charge in [-0.05, 0) is 0 Å². The van der Waals surface area contributed by atoms with Crippen molar-refractivity contribution in [1.82, 2.24) is 21.3 Å². The molecular weight excluding hydrogens is 270 g/mol. The van der Waals surface area contributed by atoms with Gasteiger partial charge in [0.15, 0.2) is 0 Å². The van der Waals surface area contributed by atoms with E-state index in [1.165, 1.54) is 0 Å². The Morgan fingerprint density at radius 2 is 1.20 bits per heavy atom. The molecule has 0 rings (SSSR count). The third kappa shape index (κ3) is 9.79. The minimum Gasteiger partial charge on any atom is -0.387 e. The first kappa shape index (κ1) is 17.8. The molecule has 10 nitrogen and oxygen atoms in total. The summed E-state index contributed by atoms with van der Waals surface area (Å²) in [5, 5.41) is 17.7. The van der Waals surface area contributed by atoms with Crippen LogP contribution in [0.25, 0.3) is 0 Å². The second kappa shape index (κ2) is 10.7. The van der Waals surface area contributed by atoms with Gasteiger partial charge in [0.05, 0.1) is 19.6 Å². The molecule has 0 saturated carbocycles. The summed E-state index contributed by atoms with van der Waals surface area (Å²) in [6, 6.07) is 0. The van der Waals surface area contributed by atoms with Crippen molar-refractivity contribution in [2.75, 3.05) is 39.3 Å². The zero-order chi connectivity index (χ0) is 15.4. The number of nitrogens with two attached hydrogens (primary N) is 1. The van der Waals surface area contributed by atoms with Gasteiger partial charge in [-0.1, -0.05) is 0 Å². The van der Waals surface area contributed by atoms with Gasteiger partial charge in [0.1, 0.15) is 6.61 Å². The van der Waals surface area contributed by atoms with Crippen molar-refractivity contribution in [1.29, 1.82) is 0 Å². The van der Waals surface area contributed by atoms with E-state index in [4.69, 9.17) is 10.8 Å². The van der Waals surface area contributed by atoms with E-state index < -0.39 is 30.2 Å². The topological polar surface area (TPSA) is 163 Å². The molecular formula is C10H19N5O5. The van der Waals surface area contributed by atoms with Crippen molar-refractivity contribution in [3.63, 3.8) is 0 Å². The summed E-state index contributed by atoms with van der Waals surface area (Å²) in [4.78, 5) is 43.9. The average molecular weight is 289 g/mol. The van der Waals surface area contributed by atoms with E-state index in [0.717, 1.165) is 0 Å². The van der Waals surface area contributed by atoms with Gasteiger partial charge < -0.3 is 32.1 Å². The summed E-state index contributed by atoms with van der Waals surface area (Å²) in [5.74, 6) is -1.97. The fourth-order valence-electron chi connectivity index (χ4n) is 1.01. The van der Waals surface area contributed by atoms with Crippen LogP contribution in [0.5, 0.6) is 0 Å². The summed E-state index contributed by atoms with van der Waals surface area (Å²) in [5.41, 5.74) is 5.03. The van der Waals surface area contributed by atoms with Crippen molar-refractivity contribution in [3.8, 4) is 0 Å². The minimum absolute atomic E-state index is 0.171. The van der Waals surface area contributed by atoms with E-state index in [2.05, 4.69) is 21.3 Å². The fourth-order valence-corrected chi connectivity index (χ4v) is 1.01. The Balaban J connectivity index is 3.59. The minimum atomic E-state index is -0.613. The number of carbonyl (C=O) groups excluding carboxylic acids is 4. The maximum Gasteiger partial charge on any atom is 0.245 e. The standard InChI is InChI=1S/C10H19N5O5/c11-3-7(17)14-5-9(19)15-4-8(18)12-1-2-13-10(20)6-16/h16H,1-6,11H2,(H,12,18)(H,13,20)(H,14,17)(H,15,19). The molecule has 0 aliphatic rings. The molecule has 10 heteroatoms. The smallest absolute Gasteiger partial charge is 0.245 e. The number of aliphatic hydroxyl groups is 1. The molecule has 0 aromatic rings. The van der Waals surface area contributed by atoms with Crippen LogP contribution in [0.2, 0.25) is 0 Å². The molecule has 4 amide bonds. The summed E-state index contributed by atoms with van der Waals surface area (Å²) in [6.07, 6.45) is 0. The predicted molar refractivity (Wildman–Crippen MR) is 68.2 cm³/mol. The van der Waals surface area contributed by atoms with E-state index >= 15 is 0 Å². The summed E-state index contributed by atoms with van der Waals surface area (Å²) in [6.45, 7) is -0.983. The van der Waals surface area contributed by atoms with Crippen molar-refractivity contribution < 1.29 is 24.3 Å². The summed E-state index contributed by atoms with van der Waals surface area (Å²) in [7, 11) is 0. The van der Waals surface area contributed by atoms with E-state index in [0.29, 0.717) is 0 Å². The zero-order valence-corrected chi connectivity index (χ0v) is 10.9. The van der Waals surface area contributed by atoms with Gasteiger partial charge in [-0.25, -0.2) is 0 Å². The Morgan fingerprint density at radius 1 is 0.750 bits per heavy atom. The van der Waals surface area contributed by atoms with Gasteiger partial charge >= 0.3 is 0 Å². The third-order valence-electron chi connectivity index (χ3n) is 1.99. The highest BCUT2D eigenvalue weighted by molar-refractivity contribution is 5.88. The SMILES string of the molecule is NCC(=O)NCC(=O)NCC(=O)NCCNC(=O)CO. The van der Waals surface area contributed by atoms with E-state index in [9.17, 15) is 19.2 Å². The first-order valence-electron chi connectivity index (χ1n) is 5.87. The maximum absolute atomic E-state index is 11.3. The lowest BCUT2D eigenvalue weighted by Crippen LogP contribution is -2.44. The maximum atomic E-state index is 11.3. The quantitative estimate of drug-likeness (QED) is 0.234. The molecule has 0 fully saturated rings. The number of carbonyl (C=O) groups is 4. The highest BCUT2D eigenvalue weighted by Crippen LogP contribution is 1.69. The second-order valence-electron chi connectivity index (χ2n) is 3.62. The van der Waals surface area contributed by atoms with Crippen LogP contribution >= 0.6 is 0 Å². The Labute approximate surface area is 115 Å². The van der Waals surface area contributed by atoms with Crippen LogP contribution in [0, 0.1) is 0 Å². The predicted octanol–water partition coefficient (Wildman–Crippen LogP) is -4.60. The monoisotopic (exact) mass is 289 g/mol. The van der Waals surface area contributed by atoms with Gasteiger partial charge in [0.2, 0.25) is 23.6 Å². The lowest BCUT2D eigenvalue weighted by atomic mass is 10.4. The first-order valence-corrected chi connectivity index (χ1v) is 5.87. The molecule has 0 spiro atoms. The van der Waals surface area contributed by atoms with Crippen molar-refractivity contribution in [2.45, 2.75) is 0 Å². The van der Waals surface area contributed by atoms with Crippen LogP contribution in [-0.4, -0.2) is 68.1 Å². The van der Waals surface area contributed by atoms with Gasteiger partial charge in [-0.15, -0.1) is 0 Å². The molecule has 0 unspecified atom stereocenters. The van der Waals surface area contributed by atoms with E-state index in [1.807, 2.05) is 0 Å². The highest BCUT2D eigenvalue weighted by Gasteiger charge is 2.06. The molecule has 0 saturated heterocycles. The number of rotatable bonds is 9. The molecule has 0 radical (unpaired) electrons. The highest BCUT2D eigenvalue weighted by atomic mass is 16.3. The van der Waals surface area contributed by atoms with Crippen LogP contribution in [-0.2, 0) is 19.2 Å². The summed E-state index contributed by atoms with van der Waals surface area (Å²) >= 11 is 0. The van der Waals surface area contributed by atoms with Crippen LogP contribution in [0.1, 0.15) is 0 Å². The van der Waals surface area contributed by atoms with Gasteiger partial charge in [-0.2, -0.15) is 0 Å². The Kier molecular flexibility index (Phi) is 9.52. The molecule has 0 aromatic heterocycles. The lowest BCUT2D eigenvalue weighted by molar-refractivity contribution is -0.127. The third-order valence-corrected chi connectivity index (χ3v) is 1.99. The van der Waals surface area contributed by atoms with Crippen molar-refractivity contribution in [3.05, 3.63) is 0 Å². The van der Waals surface area contributed by atoms with Crippen molar-refractivity contribution in [2.24, 2.45) is 5.73 Å². The molecule has 20 heavy (non-hydrogen) atoms. The van der Waals surface area contributed by atoms with Gasteiger partial charge in [0.25, 0.3) is 0 Å². The zero-order valence-electron chi connectivity index (χ0n) is 10.9. The fraction of sp³-hybridized carbons (Fsp3) is 0.600. The Hall–Kier alpha value is -2.20. The van der Waals surface area contributed by atoms with E-state index in [-0.39, 0.29) is 32.7 Å². The Bertz CT molecular complexity index is 360. The van der Waals surface area contributed by atoms with Gasteiger partial charge in [0, 0.05) is 13.1 Å². The number of amides is 4. The van der Waals surface area contributed by atoms with Crippen molar-refractivity contribution >= 4 is 23.6 Å². The van der Waals surface area contributed by atoms with Gasteiger partial charge in [-0.3, -0.25) is 19.2 Å². The van der Waals surface area contributed by atoms with Crippen LogP contribution < -0.4 is 27.0 Å². The lowest BCUT2D eigenvalue weighted by Gasteiger charge is -2.08.